The molecule has 1 amide bonds. The first kappa shape index (κ1) is 17.4. The van der Waals surface area contributed by atoms with Crippen LogP contribution in [0.1, 0.15) is 18.9 Å². The Morgan fingerprint density at radius 2 is 2.15 bits per heavy atom. The lowest BCUT2D eigenvalue weighted by Crippen LogP contribution is -2.54. The molecule has 0 fully saturated rings. The number of amides is 1. The number of ether oxygens (including phenoxy) is 1. The summed E-state index contributed by atoms with van der Waals surface area (Å²) in [6.45, 7) is 3.28. The van der Waals surface area contributed by atoms with Gasteiger partial charge in [-0.3, -0.25) is 9.59 Å². The predicted molar refractivity (Wildman–Crippen MR) is 99.2 cm³/mol. The Hall–Kier alpha value is -3.00. The van der Waals surface area contributed by atoms with Gasteiger partial charge in [-0.25, -0.2) is 14.3 Å². The molecule has 0 spiro atoms. The van der Waals surface area contributed by atoms with Crippen molar-refractivity contribution in [3.05, 3.63) is 47.8 Å². The number of carbonyl (C=O) groups excluding carboxylic acids is 1. The highest BCUT2D eigenvalue weighted by atomic mass is 32.1. The maximum atomic E-state index is 13.5. The summed E-state index contributed by atoms with van der Waals surface area (Å²) in [7, 11) is 0. The van der Waals surface area contributed by atoms with Crippen LogP contribution in [0.4, 0.5) is 15.2 Å². The minimum absolute atomic E-state index is 0.344. The average molecular weight is 386 g/mol. The van der Waals surface area contributed by atoms with Gasteiger partial charge >= 0.3 is 5.97 Å². The molecule has 1 aliphatic rings. The minimum atomic E-state index is -1.57. The first-order valence-electron chi connectivity index (χ1n) is 8.19. The SMILES string of the molecule is Cc1cccc2c1N(c1nc3ccc(F)cc3s1)C(=O)C(C)(CC(=O)O)O2. The van der Waals surface area contributed by atoms with Gasteiger partial charge in [0.15, 0.2) is 10.7 Å². The molecular weight excluding hydrogens is 371 g/mol. The highest BCUT2D eigenvalue weighted by Gasteiger charge is 2.48. The third-order valence-corrected chi connectivity index (χ3v) is 5.44. The second-order valence-corrected chi connectivity index (χ2v) is 7.58. The summed E-state index contributed by atoms with van der Waals surface area (Å²) >= 11 is 1.16. The molecule has 6 nitrogen and oxygen atoms in total. The summed E-state index contributed by atoms with van der Waals surface area (Å²) in [5, 5.41) is 9.59. The molecule has 0 aliphatic carbocycles. The fourth-order valence-electron chi connectivity index (χ4n) is 3.19. The van der Waals surface area contributed by atoms with Gasteiger partial charge in [-0.05, 0) is 43.7 Å². The molecular formula is C19H15FN2O4S. The van der Waals surface area contributed by atoms with Crippen molar-refractivity contribution in [1.29, 1.82) is 0 Å². The largest absolute Gasteiger partial charge is 0.481 e. The third-order valence-electron chi connectivity index (χ3n) is 4.43. The topological polar surface area (TPSA) is 79.7 Å². The van der Waals surface area contributed by atoms with Crippen molar-refractivity contribution in [3.63, 3.8) is 0 Å². The Bertz CT molecular complexity index is 1100. The van der Waals surface area contributed by atoms with Crippen LogP contribution in [0, 0.1) is 12.7 Å². The number of thiazole rings is 1. The second kappa shape index (κ2) is 6.02. The van der Waals surface area contributed by atoms with Gasteiger partial charge in [-0.1, -0.05) is 23.5 Å². The zero-order valence-electron chi connectivity index (χ0n) is 14.5. The zero-order chi connectivity index (χ0) is 19.3. The lowest BCUT2D eigenvalue weighted by atomic mass is 9.96. The van der Waals surface area contributed by atoms with Crippen molar-refractivity contribution < 1.29 is 23.8 Å². The van der Waals surface area contributed by atoms with Crippen molar-refractivity contribution >= 4 is 44.2 Å². The summed E-state index contributed by atoms with van der Waals surface area (Å²) in [4.78, 5) is 30.4. The molecule has 1 aromatic heterocycles. The quantitative estimate of drug-likeness (QED) is 0.735. The zero-order valence-corrected chi connectivity index (χ0v) is 15.3. The number of anilines is 2. The van der Waals surface area contributed by atoms with Crippen LogP contribution in [-0.2, 0) is 9.59 Å². The van der Waals surface area contributed by atoms with Crippen LogP contribution >= 0.6 is 11.3 Å². The summed E-state index contributed by atoms with van der Waals surface area (Å²) in [6.07, 6.45) is -0.491. The molecule has 0 bridgehead atoms. The molecule has 1 unspecified atom stereocenters. The first-order chi connectivity index (χ1) is 12.8. The molecule has 138 valence electrons. The van der Waals surface area contributed by atoms with Crippen molar-refractivity contribution in [2.24, 2.45) is 0 Å². The number of hydrogen-bond acceptors (Lipinski definition) is 5. The van der Waals surface area contributed by atoms with Crippen LogP contribution < -0.4 is 9.64 Å². The number of benzene rings is 2. The monoisotopic (exact) mass is 386 g/mol. The number of carbonyl (C=O) groups is 2. The van der Waals surface area contributed by atoms with Gasteiger partial charge in [-0.2, -0.15) is 0 Å². The fraction of sp³-hybridized carbons (Fsp3) is 0.211. The highest BCUT2D eigenvalue weighted by Crippen LogP contribution is 2.46. The number of halogens is 1. The summed E-state index contributed by atoms with van der Waals surface area (Å²) in [5.41, 5.74) is 0.287. The van der Waals surface area contributed by atoms with Gasteiger partial charge in [0.05, 0.1) is 22.3 Å². The standard InChI is InChI=1S/C19H15FN2O4S/c1-10-4-3-5-13-16(10)22(17(25)19(2,26-13)9-15(23)24)18-21-12-7-6-11(20)8-14(12)27-18/h3-8H,9H2,1-2H3,(H,23,24). The number of para-hydroxylation sites is 1. The summed E-state index contributed by atoms with van der Waals surface area (Å²) in [6, 6.07) is 9.50. The Labute approximate surface area is 157 Å². The van der Waals surface area contributed by atoms with Gasteiger partial charge in [0.25, 0.3) is 5.91 Å². The van der Waals surface area contributed by atoms with Crippen LogP contribution in [0.25, 0.3) is 10.2 Å². The van der Waals surface area contributed by atoms with Gasteiger partial charge in [0.1, 0.15) is 11.6 Å². The number of hydrogen-bond donors (Lipinski definition) is 1. The van der Waals surface area contributed by atoms with E-state index in [1.807, 2.05) is 13.0 Å². The van der Waals surface area contributed by atoms with E-state index in [2.05, 4.69) is 4.98 Å². The molecule has 2 heterocycles. The molecule has 1 N–H and O–H groups in total. The van der Waals surface area contributed by atoms with E-state index in [0.29, 0.717) is 26.8 Å². The number of aryl methyl sites for hydroxylation is 1. The van der Waals surface area contributed by atoms with E-state index in [9.17, 15) is 19.1 Å². The highest BCUT2D eigenvalue weighted by molar-refractivity contribution is 7.22. The Morgan fingerprint density at radius 3 is 2.89 bits per heavy atom. The molecule has 27 heavy (non-hydrogen) atoms. The molecule has 4 rings (SSSR count). The Balaban J connectivity index is 1.93. The van der Waals surface area contributed by atoms with Gasteiger partial charge in [0, 0.05) is 0 Å². The maximum absolute atomic E-state index is 13.5. The van der Waals surface area contributed by atoms with E-state index in [0.717, 1.165) is 16.9 Å². The lowest BCUT2D eigenvalue weighted by Gasteiger charge is -2.39. The molecule has 2 aromatic carbocycles. The van der Waals surface area contributed by atoms with Crippen molar-refractivity contribution in [3.8, 4) is 5.75 Å². The average Bonchev–Trinajstić information content (AvgIpc) is 2.98. The molecule has 0 radical (unpaired) electrons. The van der Waals surface area contributed by atoms with E-state index in [1.165, 1.54) is 24.0 Å². The normalized spacial score (nSPS) is 19.1. The number of aromatic nitrogens is 1. The van der Waals surface area contributed by atoms with Gasteiger partial charge in [0.2, 0.25) is 0 Å². The van der Waals surface area contributed by atoms with Crippen LogP contribution in [0.15, 0.2) is 36.4 Å². The van der Waals surface area contributed by atoms with Crippen molar-refractivity contribution in [1.82, 2.24) is 4.98 Å². The molecule has 0 saturated carbocycles. The summed E-state index contributed by atoms with van der Waals surface area (Å²) in [5.74, 6) is -1.65. The van der Waals surface area contributed by atoms with E-state index in [4.69, 9.17) is 4.74 Å². The number of fused-ring (bicyclic) bond motifs is 2. The van der Waals surface area contributed by atoms with Crippen LogP contribution in [0.3, 0.4) is 0 Å². The first-order valence-corrected chi connectivity index (χ1v) is 9.01. The third kappa shape index (κ3) is 2.82. The molecule has 1 aliphatic heterocycles. The Kier molecular flexibility index (Phi) is 3.88. The molecule has 0 saturated heterocycles. The predicted octanol–water partition coefficient (Wildman–Crippen LogP) is 4.03. The molecule has 3 aromatic rings. The lowest BCUT2D eigenvalue weighted by molar-refractivity contribution is -0.148. The van der Waals surface area contributed by atoms with Gasteiger partial charge in [-0.15, -0.1) is 0 Å². The van der Waals surface area contributed by atoms with E-state index in [1.54, 1.807) is 18.2 Å². The van der Waals surface area contributed by atoms with Crippen LogP contribution in [0.5, 0.6) is 5.75 Å². The Morgan fingerprint density at radius 1 is 1.37 bits per heavy atom. The maximum Gasteiger partial charge on any atom is 0.307 e. The second-order valence-electron chi connectivity index (χ2n) is 6.57. The summed E-state index contributed by atoms with van der Waals surface area (Å²) < 4.78 is 20.0. The van der Waals surface area contributed by atoms with Crippen molar-refractivity contribution in [2.75, 3.05) is 4.90 Å². The van der Waals surface area contributed by atoms with Crippen LogP contribution in [-0.4, -0.2) is 27.6 Å². The van der Waals surface area contributed by atoms with Gasteiger partial charge < -0.3 is 9.84 Å². The number of rotatable bonds is 3. The smallest absolute Gasteiger partial charge is 0.307 e. The van der Waals surface area contributed by atoms with E-state index < -0.39 is 29.7 Å². The van der Waals surface area contributed by atoms with E-state index >= 15 is 0 Å². The number of carboxylic acids is 1. The molecule has 8 heteroatoms. The van der Waals surface area contributed by atoms with Crippen molar-refractivity contribution in [2.45, 2.75) is 25.9 Å². The van der Waals surface area contributed by atoms with Crippen LogP contribution in [0.2, 0.25) is 0 Å². The fourth-order valence-corrected chi connectivity index (χ4v) is 4.19. The number of carboxylic acid groups (broad SMARTS) is 1. The number of aliphatic carboxylic acids is 1. The van der Waals surface area contributed by atoms with E-state index in [-0.39, 0.29) is 0 Å². The molecule has 1 atom stereocenters. The minimum Gasteiger partial charge on any atom is -0.481 e. The number of nitrogens with zero attached hydrogens (tertiary/aromatic N) is 2.